The van der Waals surface area contributed by atoms with Crippen LogP contribution in [0.4, 0.5) is 0 Å². The van der Waals surface area contributed by atoms with E-state index in [2.05, 4.69) is 0 Å². The third-order valence-corrected chi connectivity index (χ3v) is 3.27. The molecule has 2 N–H and O–H groups in total. The molecule has 2 rings (SSSR count). The van der Waals surface area contributed by atoms with Gasteiger partial charge < -0.3 is 15.4 Å². The van der Waals surface area contributed by atoms with Gasteiger partial charge in [-0.15, -0.1) is 0 Å². The Hall–Kier alpha value is -1.39. The lowest BCUT2D eigenvalue weighted by Crippen LogP contribution is -2.53. The van der Waals surface area contributed by atoms with Gasteiger partial charge in [-0.05, 0) is 18.9 Å². The van der Waals surface area contributed by atoms with Crippen LogP contribution in [0.3, 0.4) is 0 Å². The fraction of sp³-hybridized carbons (Fsp3) is 0.500. The van der Waals surface area contributed by atoms with Crippen molar-refractivity contribution >= 4 is 5.91 Å². The summed E-state index contributed by atoms with van der Waals surface area (Å²) in [6.07, 6.45) is 0.587. The zero-order valence-corrected chi connectivity index (χ0v) is 10.7. The summed E-state index contributed by atoms with van der Waals surface area (Å²) in [4.78, 5) is 14.1. The molecule has 1 heterocycles. The maximum atomic E-state index is 12.3. The van der Waals surface area contributed by atoms with Gasteiger partial charge in [0.25, 0.3) is 0 Å². The van der Waals surface area contributed by atoms with E-state index in [-0.39, 0.29) is 11.9 Å². The lowest BCUT2D eigenvalue weighted by Gasteiger charge is -2.35. The Balaban J connectivity index is 1.96. The van der Waals surface area contributed by atoms with Gasteiger partial charge in [-0.3, -0.25) is 4.79 Å². The maximum absolute atomic E-state index is 12.3. The number of benzene rings is 1. The highest BCUT2D eigenvalue weighted by Crippen LogP contribution is 2.10. The molecule has 1 amide bonds. The van der Waals surface area contributed by atoms with Crippen LogP contribution in [0, 0.1) is 0 Å². The van der Waals surface area contributed by atoms with Crippen molar-refractivity contribution < 1.29 is 9.53 Å². The first-order valence-electron chi connectivity index (χ1n) is 6.36. The third-order valence-electron chi connectivity index (χ3n) is 3.27. The minimum Gasteiger partial charge on any atom is -0.377 e. The van der Waals surface area contributed by atoms with E-state index in [1.54, 1.807) is 0 Å². The van der Waals surface area contributed by atoms with Gasteiger partial charge in [-0.1, -0.05) is 30.3 Å². The molecule has 0 aromatic heterocycles. The first-order valence-corrected chi connectivity index (χ1v) is 6.36. The Morgan fingerprint density at radius 3 is 2.89 bits per heavy atom. The van der Waals surface area contributed by atoms with E-state index in [1.807, 2.05) is 42.2 Å². The topological polar surface area (TPSA) is 55.6 Å². The minimum atomic E-state index is -0.465. The van der Waals surface area contributed by atoms with Crippen LogP contribution < -0.4 is 5.73 Å². The second-order valence-electron chi connectivity index (χ2n) is 4.75. The summed E-state index contributed by atoms with van der Waals surface area (Å²) >= 11 is 0. The van der Waals surface area contributed by atoms with Crippen LogP contribution >= 0.6 is 0 Å². The molecule has 4 heteroatoms. The standard InChI is InChI=1S/C14H20N2O2/c1-11-10-18-8-7-16(11)14(17)13(15)9-12-5-3-2-4-6-12/h2-6,11,13H,7-10,15H2,1H3/t11-,13+/m1/s1. The minimum absolute atomic E-state index is 0.0228. The lowest BCUT2D eigenvalue weighted by atomic mass is 10.0. The molecule has 1 fully saturated rings. The van der Waals surface area contributed by atoms with Crippen LogP contribution in [0.5, 0.6) is 0 Å². The average molecular weight is 248 g/mol. The summed E-state index contributed by atoms with van der Waals surface area (Å²) < 4.78 is 5.33. The van der Waals surface area contributed by atoms with E-state index in [9.17, 15) is 4.79 Å². The first kappa shape index (κ1) is 13.1. The molecule has 1 aromatic rings. The Bertz CT molecular complexity index is 394. The van der Waals surface area contributed by atoms with E-state index >= 15 is 0 Å². The second-order valence-corrected chi connectivity index (χ2v) is 4.75. The number of ether oxygens (including phenoxy) is 1. The number of morpholine rings is 1. The van der Waals surface area contributed by atoms with Crippen LogP contribution in [0.25, 0.3) is 0 Å². The molecule has 18 heavy (non-hydrogen) atoms. The molecule has 98 valence electrons. The molecule has 0 saturated carbocycles. The smallest absolute Gasteiger partial charge is 0.240 e. The molecule has 1 saturated heterocycles. The molecule has 1 aromatic carbocycles. The van der Waals surface area contributed by atoms with Gasteiger partial charge in [0.2, 0.25) is 5.91 Å². The number of carbonyl (C=O) groups excluding carboxylic acids is 1. The number of rotatable bonds is 3. The van der Waals surface area contributed by atoms with Crippen molar-refractivity contribution in [3.63, 3.8) is 0 Å². The van der Waals surface area contributed by atoms with Gasteiger partial charge in [0, 0.05) is 6.54 Å². The van der Waals surface area contributed by atoms with Crippen LogP contribution in [-0.4, -0.2) is 42.6 Å². The molecule has 1 aliphatic rings. The van der Waals surface area contributed by atoms with E-state index < -0.39 is 6.04 Å². The van der Waals surface area contributed by atoms with E-state index in [0.29, 0.717) is 26.2 Å². The van der Waals surface area contributed by atoms with Crippen molar-refractivity contribution in [2.24, 2.45) is 5.73 Å². The predicted octanol–water partition coefficient (Wildman–Crippen LogP) is 0.804. The van der Waals surface area contributed by atoms with Crippen molar-refractivity contribution in [2.45, 2.75) is 25.4 Å². The molecular formula is C14H20N2O2. The molecule has 1 aliphatic heterocycles. The number of hydrogen-bond acceptors (Lipinski definition) is 3. The summed E-state index contributed by atoms with van der Waals surface area (Å²) in [5.74, 6) is 0.0228. The molecule has 0 bridgehead atoms. The van der Waals surface area contributed by atoms with Gasteiger partial charge in [0.1, 0.15) is 0 Å². The fourth-order valence-corrected chi connectivity index (χ4v) is 2.22. The molecular weight excluding hydrogens is 228 g/mol. The monoisotopic (exact) mass is 248 g/mol. The highest BCUT2D eigenvalue weighted by molar-refractivity contribution is 5.82. The van der Waals surface area contributed by atoms with Crippen molar-refractivity contribution in [3.05, 3.63) is 35.9 Å². The van der Waals surface area contributed by atoms with Crippen molar-refractivity contribution in [3.8, 4) is 0 Å². The summed E-state index contributed by atoms with van der Waals surface area (Å²) in [7, 11) is 0. The number of nitrogens with two attached hydrogens (primary N) is 1. The van der Waals surface area contributed by atoms with Gasteiger partial charge in [-0.25, -0.2) is 0 Å². The molecule has 0 spiro atoms. The van der Waals surface area contributed by atoms with E-state index in [0.717, 1.165) is 5.56 Å². The highest BCUT2D eigenvalue weighted by Gasteiger charge is 2.27. The Morgan fingerprint density at radius 2 is 2.22 bits per heavy atom. The fourth-order valence-electron chi connectivity index (χ4n) is 2.22. The van der Waals surface area contributed by atoms with Crippen molar-refractivity contribution in [2.75, 3.05) is 19.8 Å². The quantitative estimate of drug-likeness (QED) is 0.861. The average Bonchev–Trinajstić information content (AvgIpc) is 2.39. The second kappa shape index (κ2) is 5.98. The molecule has 2 atom stereocenters. The highest BCUT2D eigenvalue weighted by atomic mass is 16.5. The molecule has 4 nitrogen and oxygen atoms in total. The summed E-state index contributed by atoms with van der Waals surface area (Å²) in [6, 6.07) is 9.53. The van der Waals surface area contributed by atoms with Crippen molar-refractivity contribution in [1.29, 1.82) is 0 Å². The first-order chi connectivity index (χ1) is 8.68. The maximum Gasteiger partial charge on any atom is 0.240 e. The molecule has 0 unspecified atom stereocenters. The number of hydrogen-bond donors (Lipinski definition) is 1. The number of nitrogens with zero attached hydrogens (tertiary/aromatic N) is 1. The van der Waals surface area contributed by atoms with Crippen LogP contribution in [0.1, 0.15) is 12.5 Å². The molecule has 0 aliphatic carbocycles. The Labute approximate surface area is 108 Å². The normalized spacial score (nSPS) is 21.7. The lowest BCUT2D eigenvalue weighted by molar-refractivity contribution is -0.140. The largest absolute Gasteiger partial charge is 0.377 e. The van der Waals surface area contributed by atoms with Gasteiger partial charge in [-0.2, -0.15) is 0 Å². The zero-order chi connectivity index (χ0) is 13.0. The number of amides is 1. The van der Waals surface area contributed by atoms with Gasteiger partial charge in [0.05, 0.1) is 25.3 Å². The summed E-state index contributed by atoms with van der Waals surface area (Å²) in [6.45, 7) is 3.84. The Kier molecular flexibility index (Phi) is 4.33. The summed E-state index contributed by atoms with van der Waals surface area (Å²) in [5, 5.41) is 0. The molecule has 0 radical (unpaired) electrons. The van der Waals surface area contributed by atoms with Crippen molar-refractivity contribution in [1.82, 2.24) is 4.90 Å². The SMILES string of the molecule is C[C@@H]1COCCN1C(=O)[C@@H](N)Cc1ccccc1. The van der Waals surface area contributed by atoms with E-state index in [1.165, 1.54) is 0 Å². The summed E-state index contributed by atoms with van der Waals surface area (Å²) in [5.41, 5.74) is 7.11. The van der Waals surface area contributed by atoms with Crippen LogP contribution in [0.2, 0.25) is 0 Å². The Morgan fingerprint density at radius 1 is 1.50 bits per heavy atom. The van der Waals surface area contributed by atoms with Crippen LogP contribution in [0.15, 0.2) is 30.3 Å². The van der Waals surface area contributed by atoms with Crippen LogP contribution in [-0.2, 0) is 16.0 Å². The predicted molar refractivity (Wildman–Crippen MR) is 70.1 cm³/mol. The van der Waals surface area contributed by atoms with Gasteiger partial charge >= 0.3 is 0 Å². The third kappa shape index (κ3) is 3.09. The van der Waals surface area contributed by atoms with Gasteiger partial charge in [0.15, 0.2) is 0 Å². The zero-order valence-electron chi connectivity index (χ0n) is 10.7. The van der Waals surface area contributed by atoms with E-state index in [4.69, 9.17) is 10.5 Å². The number of carbonyl (C=O) groups is 1.